The molecule has 1 unspecified atom stereocenters. The molecule has 0 aliphatic heterocycles. The van der Waals surface area contributed by atoms with Crippen LogP contribution in [0.3, 0.4) is 0 Å². The fourth-order valence-corrected chi connectivity index (χ4v) is 0.532. The third kappa shape index (κ3) is 4.80. The maximum atomic E-state index is 10.6. The zero-order valence-corrected chi connectivity index (χ0v) is 8.52. The molecule has 0 aromatic rings. The second-order valence-corrected chi connectivity index (χ2v) is 4.43. The van der Waals surface area contributed by atoms with Gasteiger partial charge < -0.3 is 10.6 Å². The van der Waals surface area contributed by atoms with Crippen LogP contribution in [0, 0.1) is 0 Å². The monoisotopic (exact) mass is 238 g/mol. The average Bonchev–Trinajstić information content (AvgIpc) is 1.85. The first-order valence-corrected chi connectivity index (χ1v) is 4.14. The number of amides is 2. The second-order valence-electron chi connectivity index (χ2n) is 1.63. The van der Waals surface area contributed by atoms with Gasteiger partial charge in [0.05, 0.1) is 0 Å². The highest BCUT2D eigenvalue weighted by atomic mass is 35.6. The van der Waals surface area contributed by atoms with Gasteiger partial charge in [-0.1, -0.05) is 46.4 Å². The lowest BCUT2D eigenvalue weighted by Crippen LogP contribution is -2.43. The van der Waals surface area contributed by atoms with Crippen LogP contribution < -0.4 is 10.6 Å². The largest absolute Gasteiger partial charge is 0.341 e. The Morgan fingerprint density at radius 1 is 1.45 bits per heavy atom. The minimum absolute atomic E-state index is 0.503. The van der Waals surface area contributed by atoms with Crippen LogP contribution in [0.1, 0.15) is 0 Å². The lowest BCUT2D eigenvalue weighted by Gasteiger charge is -2.18. The summed E-state index contributed by atoms with van der Waals surface area (Å²) in [5.41, 5.74) is -1.05. The van der Waals surface area contributed by atoms with Crippen LogP contribution in [0.2, 0.25) is 0 Å². The summed E-state index contributed by atoms with van der Waals surface area (Å²) in [7, 11) is 1.43. The number of urea groups is 1. The van der Waals surface area contributed by atoms with E-state index in [2.05, 4.69) is 10.6 Å². The summed E-state index contributed by atoms with van der Waals surface area (Å²) in [6.45, 7) is 0. The molecule has 0 saturated carbocycles. The van der Waals surface area contributed by atoms with Gasteiger partial charge in [0.25, 0.3) is 0 Å². The van der Waals surface area contributed by atoms with E-state index in [1.165, 1.54) is 7.05 Å². The van der Waals surface area contributed by atoms with Gasteiger partial charge in [-0.25, -0.2) is 4.79 Å². The summed E-state index contributed by atoms with van der Waals surface area (Å²) >= 11 is 21.5. The van der Waals surface area contributed by atoms with E-state index in [1.54, 1.807) is 0 Å². The molecular weight excluding hydrogens is 234 g/mol. The van der Waals surface area contributed by atoms with Crippen LogP contribution in [-0.2, 0) is 0 Å². The Hall–Kier alpha value is 0.430. The molecule has 0 radical (unpaired) electrons. The molecule has 0 saturated heterocycles. The summed E-state index contributed by atoms with van der Waals surface area (Å²) in [5.74, 6) is 0. The zero-order valence-electron chi connectivity index (χ0n) is 5.50. The maximum absolute atomic E-state index is 10.6. The van der Waals surface area contributed by atoms with E-state index >= 15 is 0 Å². The summed E-state index contributed by atoms with van der Waals surface area (Å²) < 4.78 is -1.70. The van der Waals surface area contributed by atoms with Crippen molar-refractivity contribution in [2.75, 3.05) is 7.05 Å². The Labute approximate surface area is 84.3 Å². The van der Waals surface area contributed by atoms with Gasteiger partial charge in [-0.05, 0) is 0 Å². The molecule has 0 aliphatic carbocycles. The number of carbonyl (C=O) groups is 1. The van der Waals surface area contributed by atoms with Crippen LogP contribution in [0.5, 0.6) is 0 Å². The van der Waals surface area contributed by atoms with Crippen molar-refractivity contribution >= 4 is 52.4 Å². The number of halogens is 4. The lowest BCUT2D eigenvalue weighted by atomic mass is 10.7. The van der Waals surface area contributed by atoms with E-state index in [4.69, 9.17) is 46.4 Å². The molecule has 0 aliphatic rings. The maximum Gasteiger partial charge on any atom is 0.315 e. The first-order valence-electron chi connectivity index (χ1n) is 2.57. The molecule has 11 heavy (non-hydrogen) atoms. The Bertz CT molecular complexity index is 146. The van der Waals surface area contributed by atoms with Crippen molar-refractivity contribution in [1.82, 2.24) is 10.6 Å². The molecule has 0 aromatic heterocycles. The highest BCUT2D eigenvalue weighted by Gasteiger charge is 2.31. The number of hydrogen-bond acceptors (Lipinski definition) is 1. The topological polar surface area (TPSA) is 41.1 Å². The predicted molar refractivity (Wildman–Crippen MR) is 47.5 cm³/mol. The van der Waals surface area contributed by atoms with Crippen molar-refractivity contribution in [3.05, 3.63) is 0 Å². The quantitative estimate of drug-likeness (QED) is 0.532. The number of rotatable bonds is 1. The van der Waals surface area contributed by atoms with Gasteiger partial charge in [0, 0.05) is 7.05 Å². The van der Waals surface area contributed by atoms with Gasteiger partial charge in [0.15, 0.2) is 5.50 Å². The molecule has 0 heterocycles. The summed E-state index contributed by atoms with van der Waals surface area (Å²) in [6, 6.07) is -0.503. The number of carbonyl (C=O) groups excluding carboxylic acids is 1. The Balaban J connectivity index is 3.87. The fraction of sp³-hybridized carbons (Fsp3) is 0.750. The number of alkyl halides is 4. The lowest BCUT2D eigenvalue weighted by molar-refractivity contribution is 0.242. The van der Waals surface area contributed by atoms with E-state index in [-0.39, 0.29) is 0 Å². The van der Waals surface area contributed by atoms with Crippen LogP contribution >= 0.6 is 46.4 Å². The summed E-state index contributed by atoms with van der Waals surface area (Å²) in [6.07, 6.45) is 0. The van der Waals surface area contributed by atoms with E-state index in [0.717, 1.165) is 0 Å². The predicted octanol–water partition coefficient (Wildman–Crippen LogP) is 1.85. The number of hydrogen-bond donors (Lipinski definition) is 2. The third-order valence-corrected chi connectivity index (χ3v) is 2.20. The molecule has 0 aromatic carbocycles. The Morgan fingerprint density at radius 2 is 1.91 bits per heavy atom. The standard InChI is InChI=1S/C4H6Cl4N2O/c1-9-3(11)10-2(5)4(6,7)8/h2H,1H3,(H2,9,10,11). The highest BCUT2D eigenvalue weighted by Crippen LogP contribution is 2.32. The van der Waals surface area contributed by atoms with E-state index in [0.29, 0.717) is 0 Å². The van der Waals surface area contributed by atoms with Crippen LogP contribution in [-0.4, -0.2) is 22.4 Å². The smallest absolute Gasteiger partial charge is 0.315 e. The minimum Gasteiger partial charge on any atom is -0.341 e. The zero-order chi connectivity index (χ0) is 9.07. The third-order valence-electron chi connectivity index (χ3n) is 0.772. The van der Waals surface area contributed by atoms with Crippen molar-refractivity contribution in [3.8, 4) is 0 Å². The molecule has 0 fully saturated rings. The molecule has 2 N–H and O–H groups in total. The van der Waals surface area contributed by atoms with Crippen LogP contribution in [0.25, 0.3) is 0 Å². The molecule has 7 heteroatoms. The first-order chi connectivity index (χ1) is 4.88. The van der Waals surface area contributed by atoms with E-state index in [9.17, 15) is 4.79 Å². The van der Waals surface area contributed by atoms with Gasteiger partial charge in [-0.15, -0.1) is 0 Å². The van der Waals surface area contributed by atoms with Gasteiger partial charge >= 0.3 is 6.03 Å². The van der Waals surface area contributed by atoms with Crippen molar-refractivity contribution in [3.63, 3.8) is 0 Å². The molecule has 1 atom stereocenters. The molecular formula is C4H6Cl4N2O. The molecule has 2 amide bonds. The first kappa shape index (κ1) is 11.4. The summed E-state index contributed by atoms with van der Waals surface area (Å²) in [5, 5.41) is 4.45. The SMILES string of the molecule is CNC(=O)NC(Cl)C(Cl)(Cl)Cl. The average molecular weight is 240 g/mol. The molecule has 0 spiro atoms. The van der Waals surface area contributed by atoms with Gasteiger partial charge in [0.1, 0.15) is 0 Å². The normalized spacial score (nSPS) is 13.9. The van der Waals surface area contributed by atoms with Crippen LogP contribution in [0.15, 0.2) is 0 Å². The minimum atomic E-state index is -1.70. The fourth-order valence-electron chi connectivity index (χ4n) is 0.269. The number of nitrogens with one attached hydrogen (secondary N) is 2. The molecule has 3 nitrogen and oxygen atoms in total. The van der Waals surface area contributed by atoms with Crippen molar-refractivity contribution in [1.29, 1.82) is 0 Å². The summed E-state index contributed by atoms with van der Waals surface area (Å²) in [4.78, 5) is 10.6. The molecule has 66 valence electrons. The van der Waals surface area contributed by atoms with E-state index < -0.39 is 15.3 Å². The Kier molecular flexibility index (Phi) is 4.63. The second kappa shape index (κ2) is 4.45. The molecule has 0 rings (SSSR count). The van der Waals surface area contributed by atoms with Crippen molar-refractivity contribution < 1.29 is 4.79 Å². The molecule has 0 bridgehead atoms. The highest BCUT2D eigenvalue weighted by molar-refractivity contribution is 6.70. The van der Waals surface area contributed by atoms with Crippen LogP contribution in [0.4, 0.5) is 4.79 Å². The Morgan fingerprint density at radius 3 is 2.18 bits per heavy atom. The van der Waals surface area contributed by atoms with Gasteiger partial charge in [0.2, 0.25) is 3.79 Å². The van der Waals surface area contributed by atoms with Gasteiger partial charge in [-0.3, -0.25) is 0 Å². The van der Waals surface area contributed by atoms with Crippen molar-refractivity contribution in [2.24, 2.45) is 0 Å². The van der Waals surface area contributed by atoms with E-state index in [1.807, 2.05) is 0 Å². The van der Waals surface area contributed by atoms with Gasteiger partial charge in [-0.2, -0.15) is 0 Å². The van der Waals surface area contributed by atoms with Crippen molar-refractivity contribution in [2.45, 2.75) is 9.29 Å².